The first-order valence-electron chi connectivity index (χ1n) is 9.16. The van der Waals surface area contributed by atoms with E-state index in [4.69, 9.17) is 4.74 Å². The topological polar surface area (TPSA) is 111 Å². The van der Waals surface area contributed by atoms with Gasteiger partial charge in [-0.15, -0.1) is 0 Å². The van der Waals surface area contributed by atoms with E-state index in [1.165, 1.54) is 19.1 Å². The predicted octanol–water partition coefficient (Wildman–Crippen LogP) is 3.67. The summed E-state index contributed by atoms with van der Waals surface area (Å²) in [4.78, 5) is 35.4. The zero-order valence-electron chi connectivity index (χ0n) is 16.9. The monoisotopic (exact) mass is 399 g/mol. The lowest BCUT2D eigenvalue weighted by Crippen LogP contribution is -2.46. The first kappa shape index (κ1) is 21.9. The maximum atomic E-state index is 12.7. The van der Waals surface area contributed by atoms with Crippen LogP contribution >= 0.6 is 0 Å². The van der Waals surface area contributed by atoms with Gasteiger partial charge in [-0.2, -0.15) is 0 Å². The molecule has 8 heteroatoms. The van der Waals surface area contributed by atoms with Crippen LogP contribution in [0.2, 0.25) is 0 Å². The van der Waals surface area contributed by atoms with E-state index in [0.717, 1.165) is 11.6 Å². The number of carbonyl (C=O) groups excluding carboxylic acids is 2. The minimum Gasteiger partial charge on any atom is -0.449 e. The maximum Gasteiger partial charge on any atom is 0.341 e. The zero-order valence-corrected chi connectivity index (χ0v) is 16.9. The van der Waals surface area contributed by atoms with Gasteiger partial charge in [0.1, 0.15) is 0 Å². The number of nitro groups is 1. The van der Waals surface area contributed by atoms with Gasteiger partial charge in [0.15, 0.2) is 6.10 Å². The van der Waals surface area contributed by atoms with Crippen LogP contribution in [0.25, 0.3) is 0 Å². The summed E-state index contributed by atoms with van der Waals surface area (Å²) in [6.45, 7) is 7.30. The summed E-state index contributed by atoms with van der Waals surface area (Å²) in [5.74, 6) is -1.27. The first-order chi connectivity index (χ1) is 13.6. The Labute approximate surface area is 169 Å². The second kappa shape index (κ2) is 9.18. The van der Waals surface area contributed by atoms with E-state index in [1.54, 1.807) is 0 Å². The molecule has 0 aliphatic rings. The Hall–Kier alpha value is -3.42. The molecule has 2 aromatic carbocycles. The van der Waals surface area contributed by atoms with Crippen molar-refractivity contribution in [2.24, 2.45) is 0 Å². The van der Waals surface area contributed by atoms with Crippen molar-refractivity contribution in [3.63, 3.8) is 0 Å². The summed E-state index contributed by atoms with van der Waals surface area (Å²) in [5.41, 5.74) is 0.626. The third-order valence-corrected chi connectivity index (χ3v) is 3.91. The van der Waals surface area contributed by atoms with Gasteiger partial charge in [0.2, 0.25) is 0 Å². The average molecular weight is 399 g/mol. The predicted molar refractivity (Wildman–Crippen MR) is 110 cm³/mol. The largest absolute Gasteiger partial charge is 0.449 e. The van der Waals surface area contributed by atoms with E-state index in [-0.39, 0.29) is 11.3 Å². The Balaban J connectivity index is 2.21. The average Bonchev–Trinajstić information content (AvgIpc) is 2.65. The lowest BCUT2D eigenvalue weighted by atomic mass is 10.1. The van der Waals surface area contributed by atoms with Gasteiger partial charge in [-0.05, 0) is 39.3 Å². The molecule has 0 heterocycles. The van der Waals surface area contributed by atoms with Crippen LogP contribution in [0.4, 0.5) is 11.4 Å². The molecule has 0 unspecified atom stereocenters. The molecule has 154 valence electrons. The number of benzene rings is 2. The SMILES string of the molecule is C[C@H](OC(=O)c1cc([N+](=O)[O-])ccc1NCc1ccccc1)C(=O)NC(C)(C)C. The number of nitrogens with one attached hydrogen (secondary N) is 2. The summed E-state index contributed by atoms with van der Waals surface area (Å²) >= 11 is 0. The van der Waals surface area contributed by atoms with Gasteiger partial charge in [-0.3, -0.25) is 14.9 Å². The summed E-state index contributed by atoms with van der Waals surface area (Å²) in [7, 11) is 0. The molecule has 1 amide bonds. The van der Waals surface area contributed by atoms with Crippen molar-refractivity contribution in [1.29, 1.82) is 0 Å². The lowest BCUT2D eigenvalue weighted by molar-refractivity contribution is -0.384. The van der Waals surface area contributed by atoms with E-state index < -0.39 is 28.4 Å². The molecule has 2 aromatic rings. The second-order valence-electron chi connectivity index (χ2n) is 7.61. The van der Waals surface area contributed by atoms with Crippen molar-refractivity contribution in [3.8, 4) is 0 Å². The van der Waals surface area contributed by atoms with E-state index in [1.807, 2.05) is 51.1 Å². The second-order valence-corrected chi connectivity index (χ2v) is 7.61. The number of amides is 1. The van der Waals surface area contributed by atoms with E-state index >= 15 is 0 Å². The molecule has 0 saturated heterocycles. The highest BCUT2D eigenvalue weighted by Crippen LogP contribution is 2.24. The van der Waals surface area contributed by atoms with Gasteiger partial charge in [0, 0.05) is 29.9 Å². The number of hydrogen-bond acceptors (Lipinski definition) is 6. The van der Waals surface area contributed by atoms with E-state index in [2.05, 4.69) is 10.6 Å². The molecule has 0 aromatic heterocycles. The molecule has 0 radical (unpaired) electrons. The molecule has 0 aliphatic carbocycles. The third-order valence-electron chi connectivity index (χ3n) is 3.91. The van der Waals surface area contributed by atoms with Crippen LogP contribution < -0.4 is 10.6 Å². The minimum atomic E-state index is -1.05. The van der Waals surface area contributed by atoms with Crippen LogP contribution in [0.5, 0.6) is 0 Å². The van der Waals surface area contributed by atoms with Crippen molar-refractivity contribution in [3.05, 3.63) is 69.8 Å². The molecule has 0 fully saturated rings. The van der Waals surface area contributed by atoms with Crippen molar-refractivity contribution >= 4 is 23.3 Å². The van der Waals surface area contributed by atoms with Gasteiger partial charge in [-0.1, -0.05) is 30.3 Å². The standard InChI is InChI=1S/C21H25N3O5/c1-14(19(25)23-21(2,3)4)29-20(26)17-12-16(24(27)28)10-11-18(17)22-13-15-8-6-5-7-9-15/h5-12,14,22H,13H2,1-4H3,(H,23,25)/t14-/m0/s1. The molecule has 0 aliphatic heterocycles. The number of anilines is 1. The van der Waals surface area contributed by atoms with Crippen molar-refractivity contribution in [2.75, 3.05) is 5.32 Å². The zero-order chi connectivity index (χ0) is 21.6. The number of nitrogens with zero attached hydrogens (tertiary/aromatic N) is 1. The Kier molecular flexibility index (Phi) is 6.93. The highest BCUT2D eigenvalue weighted by Gasteiger charge is 2.25. The van der Waals surface area contributed by atoms with E-state index in [9.17, 15) is 19.7 Å². The number of nitro benzene ring substituents is 1. The maximum absolute atomic E-state index is 12.7. The number of non-ortho nitro benzene ring substituents is 1. The number of hydrogen-bond donors (Lipinski definition) is 2. The molecule has 1 atom stereocenters. The summed E-state index contributed by atoms with van der Waals surface area (Å²) in [6.07, 6.45) is -1.05. The lowest BCUT2D eigenvalue weighted by Gasteiger charge is -2.23. The van der Waals surface area contributed by atoms with Gasteiger partial charge >= 0.3 is 5.97 Å². The molecule has 2 rings (SSSR count). The van der Waals surface area contributed by atoms with Gasteiger partial charge in [0.05, 0.1) is 10.5 Å². The number of carbonyl (C=O) groups is 2. The smallest absolute Gasteiger partial charge is 0.341 e. The Bertz CT molecular complexity index is 891. The number of rotatable bonds is 7. The molecule has 0 saturated carbocycles. The highest BCUT2D eigenvalue weighted by molar-refractivity contribution is 5.98. The van der Waals surface area contributed by atoms with E-state index in [0.29, 0.717) is 12.2 Å². The fourth-order valence-electron chi connectivity index (χ4n) is 2.51. The Morgan fingerprint density at radius 2 is 1.79 bits per heavy atom. The molecular weight excluding hydrogens is 374 g/mol. The highest BCUT2D eigenvalue weighted by atomic mass is 16.6. The molecule has 0 bridgehead atoms. The molecule has 2 N–H and O–H groups in total. The quantitative estimate of drug-likeness (QED) is 0.418. The van der Waals surface area contributed by atoms with Gasteiger partial charge in [-0.25, -0.2) is 4.79 Å². The van der Waals surface area contributed by atoms with Gasteiger partial charge < -0.3 is 15.4 Å². The van der Waals surface area contributed by atoms with Gasteiger partial charge in [0.25, 0.3) is 11.6 Å². The van der Waals surface area contributed by atoms with Crippen LogP contribution in [0, 0.1) is 10.1 Å². The molecule has 8 nitrogen and oxygen atoms in total. The van der Waals surface area contributed by atoms with Crippen LogP contribution in [0.15, 0.2) is 48.5 Å². The van der Waals surface area contributed by atoms with Crippen LogP contribution in [0.3, 0.4) is 0 Å². The Morgan fingerprint density at radius 1 is 1.14 bits per heavy atom. The fraction of sp³-hybridized carbons (Fsp3) is 0.333. The molecular formula is C21H25N3O5. The number of esters is 1. The fourth-order valence-corrected chi connectivity index (χ4v) is 2.51. The summed E-state index contributed by atoms with van der Waals surface area (Å²) in [5, 5.41) is 16.9. The molecule has 29 heavy (non-hydrogen) atoms. The summed E-state index contributed by atoms with van der Waals surface area (Å²) in [6, 6.07) is 13.4. The van der Waals surface area contributed by atoms with Crippen molar-refractivity contribution in [1.82, 2.24) is 5.32 Å². The minimum absolute atomic E-state index is 0.00876. The van der Waals surface area contributed by atoms with Crippen LogP contribution in [-0.2, 0) is 16.1 Å². The Morgan fingerprint density at radius 3 is 2.38 bits per heavy atom. The van der Waals surface area contributed by atoms with Crippen molar-refractivity contribution < 1.29 is 19.2 Å². The van der Waals surface area contributed by atoms with Crippen LogP contribution in [-0.4, -0.2) is 28.4 Å². The van der Waals surface area contributed by atoms with Crippen LogP contribution in [0.1, 0.15) is 43.6 Å². The number of ether oxygens (including phenoxy) is 1. The molecule has 0 spiro atoms. The third kappa shape index (κ3) is 6.60. The first-order valence-corrected chi connectivity index (χ1v) is 9.16. The summed E-state index contributed by atoms with van der Waals surface area (Å²) < 4.78 is 5.26. The van der Waals surface area contributed by atoms with Crippen molar-refractivity contribution in [2.45, 2.75) is 45.9 Å². The normalized spacial score (nSPS) is 12.0.